The van der Waals surface area contributed by atoms with Crippen LogP contribution in [0.4, 0.5) is 17.3 Å². The van der Waals surface area contributed by atoms with Crippen LogP contribution in [0.15, 0.2) is 30.3 Å². The van der Waals surface area contributed by atoms with Crippen LogP contribution in [0.3, 0.4) is 0 Å². The van der Waals surface area contributed by atoms with E-state index < -0.39 is 0 Å². The Kier molecular flexibility index (Phi) is 4.58. The van der Waals surface area contributed by atoms with Crippen LogP contribution in [-0.2, 0) is 6.42 Å². The summed E-state index contributed by atoms with van der Waals surface area (Å²) < 4.78 is 0. The number of aromatic nitrogens is 2. The molecule has 100 valence electrons. The molecular formula is C14H17ClN4. The molecule has 2 aromatic rings. The Morgan fingerprint density at radius 1 is 1.11 bits per heavy atom. The average Bonchev–Trinajstić information content (AvgIpc) is 2.41. The maximum Gasteiger partial charge on any atom is 0.136 e. The van der Waals surface area contributed by atoms with Gasteiger partial charge < -0.3 is 10.6 Å². The monoisotopic (exact) mass is 276 g/mol. The molecule has 0 atom stereocenters. The second kappa shape index (κ2) is 6.38. The fourth-order valence-corrected chi connectivity index (χ4v) is 1.83. The minimum atomic E-state index is 0.718. The van der Waals surface area contributed by atoms with Gasteiger partial charge in [0.15, 0.2) is 0 Å². The highest BCUT2D eigenvalue weighted by molar-refractivity contribution is 6.30. The summed E-state index contributed by atoms with van der Waals surface area (Å²) in [7, 11) is 1.85. The molecule has 1 heterocycles. The number of hydrogen-bond donors (Lipinski definition) is 2. The Bertz CT molecular complexity index is 540. The first kappa shape index (κ1) is 13.6. The van der Waals surface area contributed by atoms with Gasteiger partial charge in [0.1, 0.15) is 17.5 Å². The highest BCUT2D eigenvalue weighted by Gasteiger charge is 2.03. The molecule has 0 aliphatic rings. The van der Waals surface area contributed by atoms with E-state index in [9.17, 15) is 0 Å². The predicted octanol–water partition coefficient (Wildman–Crippen LogP) is 3.87. The fraction of sp³-hybridized carbons (Fsp3) is 0.286. The van der Waals surface area contributed by atoms with Gasteiger partial charge in [0.2, 0.25) is 0 Å². The van der Waals surface area contributed by atoms with Crippen molar-refractivity contribution in [1.82, 2.24) is 9.97 Å². The van der Waals surface area contributed by atoms with Crippen LogP contribution in [0.2, 0.25) is 5.02 Å². The van der Waals surface area contributed by atoms with Gasteiger partial charge in [-0.2, -0.15) is 0 Å². The van der Waals surface area contributed by atoms with E-state index in [1.807, 2.05) is 37.4 Å². The third-order valence-electron chi connectivity index (χ3n) is 2.62. The third kappa shape index (κ3) is 3.83. The first-order valence-electron chi connectivity index (χ1n) is 6.29. The molecule has 2 N–H and O–H groups in total. The quantitative estimate of drug-likeness (QED) is 0.870. The lowest BCUT2D eigenvalue weighted by Gasteiger charge is -2.09. The lowest BCUT2D eigenvalue weighted by atomic mass is 10.3. The minimum Gasteiger partial charge on any atom is -0.373 e. The Hall–Kier alpha value is -1.81. The number of aryl methyl sites for hydroxylation is 1. The second-order valence-electron chi connectivity index (χ2n) is 4.19. The zero-order valence-corrected chi connectivity index (χ0v) is 11.8. The lowest BCUT2D eigenvalue weighted by molar-refractivity contribution is 0.838. The summed E-state index contributed by atoms with van der Waals surface area (Å²) in [4.78, 5) is 8.91. The Balaban J connectivity index is 2.23. The first-order valence-corrected chi connectivity index (χ1v) is 6.67. The number of nitrogens with one attached hydrogen (secondary N) is 2. The van der Waals surface area contributed by atoms with Crippen molar-refractivity contribution in [2.45, 2.75) is 19.8 Å². The van der Waals surface area contributed by atoms with Crippen molar-refractivity contribution in [2.24, 2.45) is 0 Å². The number of rotatable bonds is 5. The van der Waals surface area contributed by atoms with Gasteiger partial charge in [-0.3, -0.25) is 0 Å². The summed E-state index contributed by atoms with van der Waals surface area (Å²) in [6.45, 7) is 2.11. The van der Waals surface area contributed by atoms with Crippen LogP contribution in [0.25, 0.3) is 0 Å². The molecule has 5 heteroatoms. The zero-order valence-electron chi connectivity index (χ0n) is 11.1. The second-order valence-corrected chi connectivity index (χ2v) is 4.62. The van der Waals surface area contributed by atoms with Crippen LogP contribution in [0, 0.1) is 0 Å². The maximum absolute atomic E-state index is 5.87. The third-order valence-corrected chi connectivity index (χ3v) is 2.87. The van der Waals surface area contributed by atoms with E-state index in [0.29, 0.717) is 0 Å². The minimum absolute atomic E-state index is 0.718. The molecule has 0 spiro atoms. The van der Waals surface area contributed by atoms with Crippen molar-refractivity contribution in [3.8, 4) is 0 Å². The molecule has 0 aliphatic carbocycles. The van der Waals surface area contributed by atoms with Crippen molar-refractivity contribution in [3.05, 3.63) is 41.2 Å². The van der Waals surface area contributed by atoms with E-state index in [4.69, 9.17) is 11.6 Å². The molecule has 0 saturated carbocycles. The number of benzene rings is 1. The Morgan fingerprint density at radius 3 is 2.42 bits per heavy atom. The van der Waals surface area contributed by atoms with E-state index in [0.717, 1.165) is 41.0 Å². The predicted molar refractivity (Wildman–Crippen MR) is 80.3 cm³/mol. The van der Waals surface area contributed by atoms with Crippen molar-refractivity contribution in [2.75, 3.05) is 17.7 Å². The highest BCUT2D eigenvalue weighted by Crippen LogP contribution is 2.19. The molecule has 1 aromatic heterocycles. The number of halogens is 1. The van der Waals surface area contributed by atoms with Crippen molar-refractivity contribution in [1.29, 1.82) is 0 Å². The molecule has 4 nitrogen and oxygen atoms in total. The van der Waals surface area contributed by atoms with Crippen LogP contribution in [0.5, 0.6) is 0 Å². The van der Waals surface area contributed by atoms with E-state index >= 15 is 0 Å². The molecule has 2 rings (SSSR count). The Labute approximate surface area is 118 Å². The standard InChI is InChI=1S/C14H17ClN4/c1-3-4-12-18-13(16-2)9-14(19-12)17-11-7-5-10(15)6-8-11/h5-9H,3-4H2,1-2H3,(H2,16,17,18,19). The number of anilines is 3. The van der Waals surface area contributed by atoms with Crippen molar-refractivity contribution in [3.63, 3.8) is 0 Å². The van der Waals surface area contributed by atoms with Crippen LogP contribution < -0.4 is 10.6 Å². The van der Waals surface area contributed by atoms with Gasteiger partial charge >= 0.3 is 0 Å². The molecule has 1 aromatic carbocycles. The molecule has 0 fully saturated rings. The molecule has 19 heavy (non-hydrogen) atoms. The van der Waals surface area contributed by atoms with E-state index in [1.165, 1.54) is 0 Å². The molecule has 0 saturated heterocycles. The smallest absolute Gasteiger partial charge is 0.136 e. The lowest BCUT2D eigenvalue weighted by Crippen LogP contribution is -2.03. The average molecular weight is 277 g/mol. The van der Waals surface area contributed by atoms with Gasteiger partial charge in [-0.1, -0.05) is 18.5 Å². The summed E-state index contributed by atoms with van der Waals surface area (Å²) in [5.74, 6) is 2.44. The Morgan fingerprint density at radius 2 is 1.79 bits per heavy atom. The SMILES string of the molecule is CCCc1nc(NC)cc(Nc2ccc(Cl)cc2)n1. The van der Waals surface area contributed by atoms with Gasteiger partial charge in [0, 0.05) is 30.2 Å². The van der Waals surface area contributed by atoms with Gasteiger partial charge in [-0.15, -0.1) is 0 Å². The first-order chi connectivity index (χ1) is 9.21. The van der Waals surface area contributed by atoms with Gasteiger partial charge in [0.25, 0.3) is 0 Å². The molecule has 0 radical (unpaired) electrons. The largest absolute Gasteiger partial charge is 0.373 e. The van der Waals surface area contributed by atoms with Crippen LogP contribution in [-0.4, -0.2) is 17.0 Å². The number of hydrogen-bond acceptors (Lipinski definition) is 4. The summed E-state index contributed by atoms with van der Waals surface area (Å²) in [6.07, 6.45) is 1.89. The number of nitrogens with zero attached hydrogens (tertiary/aromatic N) is 2. The molecule has 0 bridgehead atoms. The summed E-state index contributed by atoms with van der Waals surface area (Å²) in [5.41, 5.74) is 0.951. The van der Waals surface area contributed by atoms with Crippen LogP contribution >= 0.6 is 11.6 Å². The van der Waals surface area contributed by atoms with E-state index in [-0.39, 0.29) is 0 Å². The molecular weight excluding hydrogens is 260 g/mol. The van der Waals surface area contributed by atoms with E-state index in [2.05, 4.69) is 27.5 Å². The molecule has 0 amide bonds. The molecule has 0 unspecified atom stereocenters. The molecule has 0 aliphatic heterocycles. The maximum atomic E-state index is 5.87. The zero-order chi connectivity index (χ0) is 13.7. The topological polar surface area (TPSA) is 49.8 Å². The fourth-order valence-electron chi connectivity index (χ4n) is 1.71. The van der Waals surface area contributed by atoms with Crippen molar-refractivity contribution >= 4 is 28.9 Å². The van der Waals surface area contributed by atoms with Crippen molar-refractivity contribution < 1.29 is 0 Å². The summed E-state index contributed by atoms with van der Waals surface area (Å²) in [5, 5.41) is 7.02. The van der Waals surface area contributed by atoms with Crippen LogP contribution in [0.1, 0.15) is 19.2 Å². The normalized spacial score (nSPS) is 10.3. The van der Waals surface area contributed by atoms with Gasteiger partial charge in [-0.25, -0.2) is 9.97 Å². The summed E-state index contributed by atoms with van der Waals surface area (Å²) >= 11 is 5.87. The van der Waals surface area contributed by atoms with Gasteiger partial charge in [-0.05, 0) is 30.7 Å². The van der Waals surface area contributed by atoms with Gasteiger partial charge in [0.05, 0.1) is 0 Å². The highest BCUT2D eigenvalue weighted by atomic mass is 35.5. The summed E-state index contributed by atoms with van der Waals surface area (Å²) in [6, 6.07) is 9.41. The van der Waals surface area contributed by atoms with E-state index in [1.54, 1.807) is 0 Å².